The van der Waals surface area contributed by atoms with Crippen molar-refractivity contribution >= 4 is 22.5 Å². The monoisotopic (exact) mass is 449 g/mol. The molecule has 0 saturated heterocycles. The molecule has 0 radical (unpaired) electrons. The zero-order chi connectivity index (χ0) is 22.3. The molecule has 4 rings (SSSR count). The number of halogens is 4. The highest BCUT2D eigenvalue weighted by atomic mass is 35.5. The van der Waals surface area contributed by atoms with Crippen LogP contribution in [0.25, 0.3) is 10.9 Å². The lowest BCUT2D eigenvalue weighted by molar-refractivity contribution is -0.0355. The Bertz CT molecular complexity index is 1240. The van der Waals surface area contributed by atoms with Gasteiger partial charge >= 0.3 is 0 Å². The van der Waals surface area contributed by atoms with Crippen molar-refractivity contribution in [1.82, 2.24) is 24.5 Å². The van der Waals surface area contributed by atoms with Crippen molar-refractivity contribution in [3.05, 3.63) is 76.7 Å². The van der Waals surface area contributed by atoms with Crippen LogP contribution in [0.15, 0.2) is 43.0 Å². The number of hydrogen-bond donors (Lipinski definition) is 1. The van der Waals surface area contributed by atoms with Gasteiger partial charge in [0.15, 0.2) is 0 Å². The topological polar surface area (TPSA) is 68.8 Å². The van der Waals surface area contributed by atoms with Crippen molar-refractivity contribution in [2.45, 2.75) is 38.5 Å². The van der Waals surface area contributed by atoms with Crippen LogP contribution in [0.1, 0.15) is 31.1 Å². The first-order valence-electron chi connectivity index (χ1n) is 9.61. The molecule has 0 bridgehead atoms. The maximum atomic E-state index is 14.8. The van der Waals surface area contributed by atoms with Gasteiger partial charge in [-0.25, -0.2) is 22.8 Å². The second-order valence-electron chi connectivity index (χ2n) is 7.35. The van der Waals surface area contributed by atoms with Gasteiger partial charge in [0.05, 0.1) is 28.8 Å². The Morgan fingerprint density at radius 3 is 2.58 bits per heavy atom. The molecule has 0 saturated carbocycles. The van der Waals surface area contributed by atoms with E-state index in [1.54, 1.807) is 6.92 Å². The van der Waals surface area contributed by atoms with Gasteiger partial charge in [-0.1, -0.05) is 24.6 Å². The van der Waals surface area contributed by atoms with E-state index in [2.05, 4.69) is 15.2 Å². The number of benzene rings is 2. The van der Waals surface area contributed by atoms with Crippen LogP contribution in [-0.4, -0.2) is 29.7 Å². The lowest BCUT2D eigenvalue weighted by Crippen LogP contribution is -2.41. The van der Waals surface area contributed by atoms with Crippen LogP contribution in [0.2, 0.25) is 5.02 Å². The van der Waals surface area contributed by atoms with E-state index >= 15 is 0 Å². The van der Waals surface area contributed by atoms with Gasteiger partial charge in [0.25, 0.3) is 0 Å². The van der Waals surface area contributed by atoms with Crippen molar-refractivity contribution in [2.75, 3.05) is 0 Å². The van der Waals surface area contributed by atoms with E-state index in [0.717, 1.165) is 12.1 Å². The highest BCUT2D eigenvalue weighted by Gasteiger charge is 2.41. The fraction of sp³-hybridized carbons (Fsp3) is 0.286. The molecule has 2 heterocycles. The Labute approximate surface area is 180 Å². The summed E-state index contributed by atoms with van der Waals surface area (Å²) in [6.45, 7) is 3.29. The summed E-state index contributed by atoms with van der Waals surface area (Å²) in [5.41, 5.74) is -1.08. The predicted molar refractivity (Wildman–Crippen MR) is 109 cm³/mol. The van der Waals surface area contributed by atoms with Gasteiger partial charge in [-0.15, -0.1) is 0 Å². The van der Waals surface area contributed by atoms with Crippen LogP contribution in [-0.2, 0) is 18.6 Å². The average molecular weight is 450 g/mol. The third-order valence-corrected chi connectivity index (χ3v) is 5.74. The maximum Gasteiger partial charge on any atom is 0.137 e. The van der Waals surface area contributed by atoms with Gasteiger partial charge in [0.2, 0.25) is 0 Å². The lowest BCUT2D eigenvalue weighted by Gasteiger charge is -2.35. The molecular weight excluding hydrogens is 431 g/mol. The number of hydrogen-bond acceptors (Lipinski definition) is 4. The van der Waals surface area contributed by atoms with Crippen molar-refractivity contribution in [3.63, 3.8) is 0 Å². The molecule has 0 amide bonds. The minimum absolute atomic E-state index is 0.108. The summed E-state index contributed by atoms with van der Waals surface area (Å²) in [4.78, 5) is 3.86. The van der Waals surface area contributed by atoms with Gasteiger partial charge in [-0.2, -0.15) is 10.2 Å². The van der Waals surface area contributed by atoms with Gasteiger partial charge in [-0.05, 0) is 31.5 Å². The summed E-state index contributed by atoms with van der Waals surface area (Å²) in [6, 6.07) is 4.54. The first-order chi connectivity index (χ1) is 14.7. The first kappa shape index (κ1) is 21.3. The van der Waals surface area contributed by atoms with Crippen LogP contribution in [0.3, 0.4) is 0 Å². The summed E-state index contributed by atoms with van der Waals surface area (Å²) < 4.78 is 45.2. The van der Waals surface area contributed by atoms with E-state index in [0.29, 0.717) is 29.1 Å². The highest BCUT2D eigenvalue weighted by molar-refractivity contribution is 6.35. The fourth-order valence-corrected chi connectivity index (χ4v) is 4.13. The van der Waals surface area contributed by atoms with Gasteiger partial charge in [0, 0.05) is 17.0 Å². The molecule has 31 heavy (non-hydrogen) atoms. The van der Waals surface area contributed by atoms with Gasteiger partial charge in [-0.3, -0.25) is 4.68 Å². The molecule has 10 heteroatoms. The molecule has 0 unspecified atom stereocenters. The molecule has 162 valence electrons. The Balaban J connectivity index is 1.94. The number of rotatable bonds is 6. The minimum atomic E-state index is -1.92. The molecule has 6 nitrogen and oxygen atoms in total. The molecule has 0 aliphatic rings. The van der Waals surface area contributed by atoms with E-state index < -0.39 is 29.1 Å². The smallest absolute Gasteiger partial charge is 0.137 e. The van der Waals surface area contributed by atoms with Crippen molar-refractivity contribution in [2.24, 2.45) is 0 Å². The Morgan fingerprint density at radius 1 is 1.16 bits per heavy atom. The number of nitrogens with zero attached hydrogens (tertiary/aromatic N) is 5. The van der Waals surface area contributed by atoms with E-state index in [1.807, 2.05) is 6.92 Å². The molecule has 1 N–H and O–H groups in total. The molecule has 2 aromatic carbocycles. The van der Waals surface area contributed by atoms with Crippen LogP contribution in [0, 0.1) is 17.5 Å². The van der Waals surface area contributed by atoms with Crippen LogP contribution in [0.4, 0.5) is 13.2 Å². The quantitative estimate of drug-likeness (QED) is 0.473. The van der Waals surface area contributed by atoms with Crippen LogP contribution >= 0.6 is 11.6 Å². The second-order valence-corrected chi connectivity index (χ2v) is 7.75. The molecule has 0 fully saturated rings. The minimum Gasteiger partial charge on any atom is -0.381 e. The Morgan fingerprint density at radius 2 is 1.94 bits per heavy atom. The number of aliphatic hydroxyl groups is 1. The standard InChI is InChI=1S/C21H19ClF3N5O/c1-3-19-15-6-14(24)7-17(22)20(15)30(28-19)12(2)21(31,9-29-11-26-10-27-29)16-5-4-13(23)8-18(16)25/h4-8,10-12,31H,3,9H2,1-2H3/t12-,21-/m1/s1. The lowest BCUT2D eigenvalue weighted by atomic mass is 9.86. The van der Waals surface area contributed by atoms with Crippen molar-refractivity contribution in [1.29, 1.82) is 0 Å². The molecule has 0 spiro atoms. The SMILES string of the molecule is CCc1nn([C@H](C)[C@](O)(Cn2cncn2)c2ccc(F)cc2F)c2c(Cl)cc(F)cc12. The normalized spacial score (nSPS) is 14.7. The zero-order valence-electron chi connectivity index (χ0n) is 16.7. The van der Waals surface area contributed by atoms with E-state index in [1.165, 1.54) is 34.2 Å². The van der Waals surface area contributed by atoms with Crippen molar-refractivity contribution in [3.8, 4) is 0 Å². The molecule has 0 aliphatic heterocycles. The summed E-state index contributed by atoms with van der Waals surface area (Å²) in [5, 5.41) is 21.0. The van der Waals surface area contributed by atoms with Crippen LogP contribution in [0.5, 0.6) is 0 Å². The fourth-order valence-electron chi connectivity index (χ4n) is 3.84. The molecule has 0 aliphatic carbocycles. The maximum absolute atomic E-state index is 14.8. The van der Waals surface area contributed by atoms with E-state index in [-0.39, 0.29) is 17.1 Å². The third-order valence-electron chi connectivity index (χ3n) is 5.46. The molecular formula is C21H19ClF3N5O. The Hall–Kier alpha value is -2.91. The third kappa shape index (κ3) is 3.68. The number of aryl methyl sites for hydroxylation is 1. The molecule has 2 atom stereocenters. The van der Waals surface area contributed by atoms with E-state index in [9.17, 15) is 18.3 Å². The highest BCUT2D eigenvalue weighted by Crippen LogP contribution is 2.40. The first-order valence-corrected chi connectivity index (χ1v) is 9.98. The summed E-state index contributed by atoms with van der Waals surface area (Å²) in [5.74, 6) is -2.20. The van der Waals surface area contributed by atoms with E-state index in [4.69, 9.17) is 11.6 Å². The number of aromatic nitrogens is 5. The molecule has 2 aromatic heterocycles. The Kier molecular flexibility index (Phi) is 5.49. The van der Waals surface area contributed by atoms with Crippen LogP contribution < -0.4 is 0 Å². The largest absolute Gasteiger partial charge is 0.381 e. The summed E-state index contributed by atoms with van der Waals surface area (Å²) in [6.07, 6.45) is 3.15. The van der Waals surface area contributed by atoms with Gasteiger partial charge < -0.3 is 5.11 Å². The zero-order valence-corrected chi connectivity index (χ0v) is 17.5. The predicted octanol–water partition coefficient (Wildman–Crippen LogP) is 4.41. The molecule has 4 aromatic rings. The van der Waals surface area contributed by atoms with Gasteiger partial charge in [0.1, 0.15) is 35.7 Å². The summed E-state index contributed by atoms with van der Waals surface area (Å²) in [7, 11) is 0. The van der Waals surface area contributed by atoms with Crippen molar-refractivity contribution < 1.29 is 18.3 Å². The second kappa shape index (κ2) is 7.97. The average Bonchev–Trinajstić information content (AvgIpc) is 3.34. The number of fused-ring (bicyclic) bond motifs is 1. The summed E-state index contributed by atoms with van der Waals surface area (Å²) >= 11 is 6.34.